The number of aryl methyl sites for hydroxylation is 1. The average Bonchev–Trinajstić information content (AvgIpc) is 3.42. The summed E-state index contributed by atoms with van der Waals surface area (Å²) in [6, 6.07) is 7.82. The summed E-state index contributed by atoms with van der Waals surface area (Å²) in [5, 5.41) is 22.4. The molecule has 0 saturated heterocycles. The SMILES string of the molecule is C=CCn1c(SCC(=O)Nc2sc3c(c2C#N)CCCC3)nnc1-c1ccc(OC)c(OC)c1. The number of thioether (sulfide) groups is 1. The minimum Gasteiger partial charge on any atom is -0.493 e. The van der Waals surface area contributed by atoms with Gasteiger partial charge in [-0.2, -0.15) is 5.26 Å². The van der Waals surface area contributed by atoms with Gasteiger partial charge in [0.25, 0.3) is 0 Å². The molecule has 2 heterocycles. The lowest BCUT2D eigenvalue weighted by molar-refractivity contribution is -0.113. The van der Waals surface area contributed by atoms with Crippen molar-refractivity contribution in [3.05, 3.63) is 46.9 Å². The normalized spacial score (nSPS) is 12.5. The number of ether oxygens (including phenoxy) is 2. The number of hydrogen-bond donors (Lipinski definition) is 1. The molecular formula is C24H25N5O3S2. The lowest BCUT2D eigenvalue weighted by Gasteiger charge is -2.11. The predicted molar refractivity (Wildman–Crippen MR) is 134 cm³/mol. The van der Waals surface area contributed by atoms with Crippen molar-refractivity contribution >= 4 is 34.0 Å². The largest absolute Gasteiger partial charge is 0.493 e. The van der Waals surface area contributed by atoms with E-state index in [0.717, 1.165) is 36.8 Å². The fraction of sp³-hybridized carbons (Fsp3) is 0.333. The van der Waals surface area contributed by atoms with Gasteiger partial charge in [-0.3, -0.25) is 9.36 Å². The molecule has 1 N–H and O–H groups in total. The van der Waals surface area contributed by atoms with Gasteiger partial charge in [-0.15, -0.1) is 28.1 Å². The Kier molecular flexibility index (Phi) is 7.55. The summed E-state index contributed by atoms with van der Waals surface area (Å²) in [6.07, 6.45) is 5.85. The Balaban J connectivity index is 1.50. The quantitative estimate of drug-likeness (QED) is 0.339. The molecule has 1 aromatic carbocycles. The van der Waals surface area contributed by atoms with Crippen LogP contribution in [0.1, 0.15) is 28.8 Å². The monoisotopic (exact) mass is 495 g/mol. The van der Waals surface area contributed by atoms with Gasteiger partial charge in [0.05, 0.1) is 25.5 Å². The Morgan fingerprint density at radius 3 is 2.82 bits per heavy atom. The number of carbonyl (C=O) groups excluding carboxylic acids is 1. The Morgan fingerprint density at radius 2 is 2.09 bits per heavy atom. The lowest BCUT2D eigenvalue weighted by atomic mass is 9.96. The van der Waals surface area contributed by atoms with Crippen molar-refractivity contribution in [3.8, 4) is 29.0 Å². The van der Waals surface area contributed by atoms with Crippen LogP contribution in [0, 0.1) is 11.3 Å². The minimum absolute atomic E-state index is 0.147. The van der Waals surface area contributed by atoms with Gasteiger partial charge in [0.1, 0.15) is 11.1 Å². The Morgan fingerprint density at radius 1 is 1.29 bits per heavy atom. The van der Waals surface area contributed by atoms with Gasteiger partial charge >= 0.3 is 0 Å². The number of fused-ring (bicyclic) bond motifs is 1. The molecule has 1 aliphatic carbocycles. The summed E-state index contributed by atoms with van der Waals surface area (Å²) in [7, 11) is 3.17. The Labute approximate surface area is 206 Å². The molecule has 1 aliphatic rings. The second-order valence-electron chi connectivity index (χ2n) is 7.64. The van der Waals surface area contributed by atoms with E-state index in [-0.39, 0.29) is 11.7 Å². The molecule has 0 radical (unpaired) electrons. The van der Waals surface area contributed by atoms with Gasteiger partial charge in [0, 0.05) is 17.0 Å². The van der Waals surface area contributed by atoms with Gasteiger partial charge in [0.15, 0.2) is 22.5 Å². The third kappa shape index (κ3) is 4.81. The lowest BCUT2D eigenvalue weighted by Crippen LogP contribution is -2.14. The second-order valence-corrected chi connectivity index (χ2v) is 9.69. The van der Waals surface area contributed by atoms with Crippen molar-refractivity contribution in [2.75, 3.05) is 25.3 Å². The predicted octanol–water partition coefficient (Wildman–Crippen LogP) is 4.69. The molecule has 0 spiro atoms. The number of rotatable bonds is 9. The molecule has 0 saturated carbocycles. The number of amides is 1. The van der Waals surface area contributed by atoms with Crippen LogP contribution >= 0.6 is 23.1 Å². The molecule has 0 bridgehead atoms. The van der Waals surface area contributed by atoms with Gasteiger partial charge in [0.2, 0.25) is 5.91 Å². The van der Waals surface area contributed by atoms with Gasteiger partial charge in [-0.05, 0) is 49.4 Å². The van der Waals surface area contributed by atoms with Crippen LogP contribution in [0.15, 0.2) is 36.0 Å². The Hall–Kier alpha value is -3.29. The number of allylic oxidation sites excluding steroid dienone is 1. The second kappa shape index (κ2) is 10.8. The van der Waals surface area contributed by atoms with E-state index >= 15 is 0 Å². The van der Waals surface area contributed by atoms with Crippen LogP contribution in [0.3, 0.4) is 0 Å². The zero-order valence-electron chi connectivity index (χ0n) is 19.1. The van der Waals surface area contributed by atoms with Crippen LogP contribution in [0.5, 0.6) is 11.5 Å². The molecule has 3 aromatic rings. The molecule has 4 rings (SSSR count). The first-order chi connectivity index (χ1) is 16.6. The van der Waals surface area contributed by atoms with E-state index in [4.69, 9.17) is 9.47 Å². The molecule has 0 unspecified atom stereocenters. The van der Waals surface area contributed by atoms with Crippen LogP contribution < -0.4 is 14.8 Å². The standard InChI is InChI=1S/C24H25N5O3S2/c1-4-11-29-22(15-9-10-18(31-2)19(12-15)32-3)27-28-24(29)33-14-21(30)26-23-17(13-25)16-7-5-6-8-20(16)34-23/h4,9-10,12H,1,5-8,11,14H2,2-3H3,(H,26,30). The Bertz CT molecular complexity index is 1260. The van der Waals surface area contributed by atoms with Crippen molar-refractivity contribution < 1.29 is 14.3 Å². The number of benzene rings is 1. The number of nitriles is 1. The van der Waals surface area contributed by atoms with E-state index in [0.29, 0.717) is 39.6 Å². The van der Waals surface area contributed by atoms with E-state index in [2.05, 4.69) is 28.2 Å². The zero-order valence-corrected chi connectivity index (χ0v) is 20.7. The first-order valence-corrected chi connectivity index (χ1v) is 12.6. The third-order valence-electron chi connectivity index (χ3n) is 5.54. The number of anilines is 1. The maximum absolute atomic E-state index is 12.7. The summed E-state index contributed by atoms with van der Waals surface area (Å²) in [6.45, 7) is 4.32. The van der Waals surface area contributed by atoms with E-state index in [1.54, 1.807) is 20.3 Å². The number of hydrogen-bond acceptors (Lipinski definition) is 8. The first-order valence-electron chi connectivity index (χ1n) is 10.8. The third-order valence-corrected chi connectivity index (χ3v) is 7.71. The van der Waals surface area contributed by atoms with E-state index in [1.165, 1.54) is 28.0 Å². The molecule has 8 nitrogen and oxygen atoms in total. The highest BCUT2D eigenvalue weighted by Gasteiger charge is 2.22. The van der Waals surface area contributed by atoms with Gasteiger partial charge < -0.3 is 14.8 Å². The highest BCUT2D eigenvalue weighted by Crippen LogP contribution is 2.38. The van der Waals surface area contributed by atoms with Crippen molar-refractivity contribution in [3.63, 3.8) is 0 Å². The molecule has 34 heavy (non-hydrogen) atoms. The summed E-state index contributed by atoms with van der Waals surface area (Å²) in [5.41, 5.74) is 2.53. The molecule has 2 aromatic heterocycles. The number of nitrogens with zero attached hydrogens (tertiary/aromatic N) is 4. The number of nitrogens with one attached hydrogen (secondary N) is 1. The first kappa shape index (κ1) is 23.9. The highest BCUT2D eigenvalue weighted by atomic mass is 32.2. The maximum Gasteiger partial charge on any atom is 0.235 e. The van der Waals surface area contributed by atoms with E-state index < -0.39 is 0 Å². The number of methoxy groups -OCH3 is 2. The average molecular weight is 496 g/mol. The van der Waals surface area contributed by atoms with E-state index in [1.807, 2.05) is 22.8 Å². The minimum atomic E-state index is -0.180. The number of thiophene rings is 1. The molecule has 0 atom stereocenters. The van der Waals surface area contributed by atoms with Crippen LogP contribution in [0.4, 0.5) is 5.00 Å². The van der Waals surface area contributed by atoms with Crippen LogP contribution in [0.25, 0.3) is 11.4 Å². The van der Waals surface area contributed by atoms with Crippen LogP contribution in [-0.2, 0) is 24.2 Å². The van der Waals surface area contributed by atoms with Crippen molar-refractivity contribution in [2.24, 2.45) is 0 Å². The van der Waals surface area contributed by atoms with Crippen molar-refractivity contribution in [2.45, 2.75) is 37.4 Å². The summed E-state index contributed by atoms with van der Waals surface area (Å²) in [5.74, 6) is 1.82. The van der Waals surface area contributed by atoms with Crippen molar-refractivity contribution in [1.29, 1.82) is 5.26 Å². The molecule has 0 fully saturated rings. The summed E-state index contributed by atoms with van der Waals surface area (Å²) < 4.78 is 12.6. The van der Waals surface area contributed by atoms with Crippen LogP contribution in [-0.4, -0.2) is 40.6 Å². The summed E-state index contributed by atoms with van der Waals surface area (Å²) >= 11 is 2.81. The fourth-order valence-electron chi connectivity index (χ4n) is 3.94. The van der Waals surface area contributed by atoms with Crippen LogP contribution in [0.2, 0.25) is 0 Å². The topological polar surface area (TPSA) is 102 Å². The number of aromatic nitrogens is 3. The molecule has 10 heteroatoms. The van der Waals surface area contributed by atoms with Gasteiger partial charge in [-0.1, -0.05) is 17.8 Å². The molecule has 176 valence electrons. The maximum atomic E-state index is 12.7. The highest BCUT2D eigenvalue weighted by molar-refractivity contribution is 7.99. The van der Waals surface area contributed by atoms with E-state index in [9.17, 15) is 10.1 Å². The van der Waals surface area contributed by atoms with Gasteiger partial charge in [-0.25, -0.2) is 0 Å². The molecule has 0 aliphatic heterocycles. The molecule has 1 amide bonds. The van der Waals surface area contributed by atoms with Crippen molar-refractivity contribution in [1.82, 2.24) is 14.8 Å². The molecular weight excluding hydrogens is 470 g/mol. The zero-order chi connectivity index (χ0) is 24.1. The fourth-order valence-corrected chi connectivity index (χ4v) is 5.95. The smallest absolute Gasteiger partial charge is 0.235 e. The summed E-state index contributed by atoms with van der Waals surface area (Å²) in [4.78, 5) is 13.9. The number of carbonyl (C=O) groups is 1.